The highest BCUT2D eigenvalue weighted by Gasteiger charge is 2.32. The highest BCUT2D eigenvalue weighted by molar-refractivity contribution is 5.50. The molecule has 0 fully saturated rings. The fourth-order valence-electron chi connectivity index (χ4n) is 3.97. The van der Waals surface area contributed by atoms with Gasteiger partial charge in [0.15, 0.2) is 11.5 Å². The molecule has 2 heteroatoms. The number of aryl methyl sites for hydroxylation is 2. The average molecular weight is 397 g/mol. The lowest BCUT2D eigenvalue weighted by Gasteiger charge is -2.36. The summed E-state index contributed by atoms with van der Waals surface area (Å²) in [5.41, 5.74) is 6.38. The molecule has 0 aliphatic carbocycles. The molecule has 1 aromatic rings. The van der Waals surface area contributed by atoms with Crippen molar-refractivity contribution < 1.29 is 9.84 Å². The van der Waals surface area contributed by atoms with E-state index in [-0.39, 0.29) is 11.4 Å². The Hall–Kier alpha value is -1.96. The van der Waals surface area contributed by atoms with E-state index >= 15 is 0 Å². The van der Waals surface area contributed by atoms with E-state index in [0.29, 0.717) is 5.75 Å². The number of hydrogen-bond acceptors (Lipinski definition) is 2. The van der Waals surface area contributed by atoms with E-state index in [2.05, 4.69) is 58.9 Å². The Balaban J connectivity index is 1.79. The van der Waals surface area contributed by atoms with Crippen LogP contribution in [-0.2, 0) is 6.42 Å². The van der Waals surface area contributed by atoms with Gasteiger partial charge in [-0.1, -0.05) is 41.0 Å². The third kappa shape index (κ3) is 7.76. The maximum Gasteiger partial charge on any atom is 0.164 e. The zero-order chi connectivity index (χ0) is 21.4. The van der Waals surface area contributed by atoms with Gasteiger partial charge >= 0.3 is 0 Å². The molecule has 2 rings (SSSR count). The molecule has 0 amide bonds. The van der Waals surface area contributed by atoms with Crippen molar-refractivity contribution in [3.05, 3.63) is 58.2 Å². The molecular weight excluding hydrogens is 356 g/mol. The van der Waals surface area contributed by atoms with Crippen molar-refractivity contribution in [3.8, 4) is 11.5 Å². The maximum atomic E-state index is 10.3. The highest BCUT2D eigenvalue weighted by atomic mass is 16.5. The molecule has 0 saturated heterocycles. The van der Waals surface area contributed by atoms with E-state index in [1.165, 1.54) is 16.7 Å². The van der Waals surface area contributed by atoms with Crippen LogP contribution in [0.25, 0.3) is 0 Å². The Bertz CT molecular complexity index is 778. The molecule has 1 aliphatic heterocycles. The van der Waals surface area contributed by atoms with Crippen LogP contribution in [0.1, 0.15) is 90.7 Å². The molecule has 0 radical (unpaired) electrons. The quantitative estimate of drug-likeness (QED) is 0.429. The normalized spacial score (nSPS) is 19.5. The van der Waals surface area contributed by atoms with Gasteiger partial charge < -0.3 is 9.84 Å². The Morgan fingerprint density at radius 3 is 2.28 bits per heavy atom. The van der Waals surface area contributed by atoms with Gasteiger partial charge in [0.2, 0.25) is 0 Å². The monoisotopic (exact) mass is 396 g/mol. The molecule has 0 saturated carbocycles. The van der Waals surface area contributed by atoms with Gasteiger partial charge in [0, 0.05) is 0 Å². The van der Waals surface area contributed by atoms with E-state index in [1.807, 2.05) is 6.92 Å². The van der Waals surface area contributed by atoms with Crippen LogP contribution in [0, 0.1) is 6.92 Å². The van der Waals surface area contributed by atoms with Crippen molar-refractivity contribution in [3.63, 3.8) is 0 Å². The number of fused-ring (bicyclic) bond motifs is 1. The maximum absolute atomic E-state index is 10.3. The third-order valence-corrected chi connectivity index (χ3v) is 5.85. The van der Waals surface area contributed by atoms with Crippen LogP contribution in [-0.4, -0.2) is 10.7 Å². The highest BCUT2D eigenvalue weighted by Crippen LogP contribution is 2.42. The first-order chi connectivity index (χ1) is 13.7. The number of phenols is 1. The van der Waals surface area contributed by atoms with Gasteiger partial charge in [-0.3, -0.25) is 0 Å². The van der Waals surface area contributed by atoms with Crippen molar-refractivity contribution in [1.82, 2.24) is 0 Å². The summed E-state index contributed by atoms with van der Waals surface area (Å²) in [6, 6.07) is 3.93. The molecule has 29 heavy (non-hydrogen) atoms. The van der Waals surface area contributed by atoms with Crippen molar-refractivity contribution in [2.45, 2.75) is 98.5 Å². The average Bonchev–Trinajstić information content (AvgIpc) is 2.62. The van der Waals surface area contributed by atoms with Crippen molar-refractivity contribution in [2.24, 2.45) is 0 Å². The fraction of sp³-hybridized carbons (Fsp3) is 0.556. The number of rotatable bonds is 9. The minimum Gasteiger partial charge on any atom is -0.504 e. The molecule has 0 unspecified atom stereocenters. The van der Waals surface area contributed by atoms with Crippen molar-refractivity contribution in [2.75, 3.05) is 0 Å². The summed E-state index contributed by atoms with van der Waals surface area (Å²) in [4.78, 5) is 0. The van der Waals surface area contributed by atoms with Crippen LogP contribution in [0.3, 0.4) is 0 Å². The van der Waals surface area contributed by atoms with Crippen molar-refractivity contribution in [1.29, 1.82) is 0 Å². The number of benzene rings is 1. The van der Waals surface area contributed by atoms with Gasteiger partial charge in [-0.2, -0.15) is 0 Å². The lowest BCUT2D eigenvalue weighted by Crippen LogP contribution is -2.36. The van der Waals surface area contributed by atoms with Crippen LogP contribution in [0.2, 0.25) is 0 Å². The minimum absolute atomic E-state index is 0.196. The number of phenolic OH excluding ortho intramolecular Hbond substituents is 1. The molecule has 0 bridgehead atoms. The summed E-state index contributed by atoms with van der Waals surface area (Å²) >= 11 is 0. The molecule has 1 N–H and O–H groups in total. The van der Waals surface area contributed by atoms with E-state index in [9.17, 15) is 5.11 Å². The summed E-state index contributed by atoms with van der Waals surface area (Å²) in [7, 11) is 0. The minimum atomic E-state index is -0.196. The first-order valence-electron chi connectivity index (χ1n) is 11.1. The molecule has 1 atom stereocenters. The van der Waals surface area contributed by atoms with E-state index < -0.39 is 0 Å². The molecule has 0 spiro atoms. The standard InChI is InChI=1S/C27H40O2/c1-20(2)10-7-11-21(3)12-8-13-22(4)14-9-16-27(6)17-15-24-18-23(5)19-25(28)26(24)29-27/h10,12,14,18-19,28H,7-9,11,13,15-17H2,1-6H3/t27-/m0/s1. The molecule has 1 aliphatic rings. The van der Waals surface area contributed by atoms with Gasteiger partial charge in [0.1, 0.15) is 5.60 Å². The first-order valence-corrected chi connectivity index (χ1v) is 11.1. The summed E-state index contributed by atoms with van der Waals surface area (Å²) in [5, 5.41) is 10.3. The van der Waals surface area contributed by atoms with Crippen LogP contribution in [0.15, 0.2) is 47.1 Å². The van der Waals surface area contributed by atoms with Gasteiger partial charge in [-0.15, -0.1) is 0 Å². The topological polar surface area (TPSA) is 29.5 Å². The Labute approximate surface area is 178 Å². The van der Waals surface area contributed by atoms with Crippen LogP contribution >= 0.6 is 0 Å². The second-order valence-corrected chi connectivity index (χ2v) is 9.32. The molecule has 0 aromatic heterocycles. The summed E-state index contributed by atoms with van der Waals surface area (Å²) in [6.07, 6.45) is 15.6. The van der Waals surface area contributed by atoms with E-state index in [4.69, 9.17) is 4.74 Å². The fourth-order valence-corrected chi connectivity index (χ4v) is 3.97. The lowest BCUT2D eigenvalue weighted by atomic mass is 9.88. The third-order valence-electron chi connectivity index (χ3n) is 5.85. The summed E-state index contributed by atoms with van der Waals surface area (Å²) in [5.74, 6) is 0.975. The second kappa shape index (κ2) is 10.7. The first kappa shape index (κ1) is 23.3. The van der Waals surface area contributed by atoms with E-state index in [0.717, 1.165) is 62.5 Å². The zero-order valence-electron chi connectivity index (χ0n) is 19.4. The predicted molar refractivity (Wildman–Crippen MR) is 125 cm³/mol. The van der Waals surface area contributed by atoms with Gasteiger partial charge in [0.25, 0.3) is 0 Å². The van der Waals surface area contributed by atoms with Crippen LogP contribution < -0.4 is 4.74 Å². The Morgan fingerprint density at radius 1 is 1.00 bits per heavy atom. The molecule has 160 valence electrons. The van der Waals surface area contributed by atoms with Crippen molar-refractivity contribution >= 4 is 0 Å². The smallest absolute Gasteiger partial charge is 0.164 e. The Morgan fingerprint density at radius 2 is 1.62 bits per heavy atom. The predicted octanol–water partition coefficient (Wildman–Crippen LogP) is 7.98. The molecule has 1 aromatic carbocycles. The van der Waals surface area contributed by atoms with Gasteiger partial charge in [-0.25, -0.2) is 0 Å². The SMILES string of the molecule is CC(C)=CCCC(C)=CCCC(C)=CCC[C@@]1(C)CCc2cc(C)cc(O)c2O1. The summed E-state index contributed by atoms with van der Waals surface area (Å²) < 4.78 is 6.26. The number of ether oxygens (including phenoxy) is 1. The Kier molecular flexibility index (Phi) is 8.61. The largest absolute Gasteiger partial charge is 0.504 e. The molecule has 1 heterocycles. The number of aromatic hydroxyl groups is 1. The van der Waals surface area contributed by atoms with E-state index in [1.54, 1.807) is 6.07 Å². The second-order valence-electron chi connectivity index (χ2n) is 9.32. The molecule has 2 nitrogen and oxygen atoms in total. The summed E-state index contributed by atoms with van der Waals surface area (Å²) in [6.45, 7) is 13.0. The van der Waals surface area contributed by atoms with Crippen LogP contribution in [0.4, 0.5) is 0 Å². The van der Waals surface area contributed by atoms with Gasteiger partial charge in [-0.05, 0) is 110 Å². The van der Waals surface area contributed by atoms with Gasteiger partial charge in [0.05, 0.1) is 0 Å². The van der Waals surface area contributed by atoms with Crippen LogP contribution in [0.5, 0.6) is 11.5 Å². The lowest BCUT2D eigenvalue weighted by molar-refractivity contribution is 0.0537. The zero-order valence-corrected chi connectivity index (χ0v) is 19.4. The molecular formula is C27H40O2. The number of allylic oxidation sites excluding steroid dienone is 6. The number of hydrogen-bond donors (Lipinski definition) is 1.